The first-order valence-electron chi connectivity index (χ1n) is 7.11. The van der Waals surface area contributed by atoms with E-state index in [4.69, 9.17) is 0 Å². The fraction of sp³-hybridized carbons (Fsp3) is 0.235. The van der Waals surface area contributed by atoms with Gasteiger partial charge in [0.05, 0.1) is 11.4 Å². The van der Waals surface area contributed by atoms with E-state index >= 15 is 0 Å². The molecule has 2 aromatic carbocycles. The summed E-state index contributed by atoms with van der Waals surface area (Å²) in [6.45, 7) is 3.38. The van der Waals surface area contributed by atoms with Gasteiger partial charge in [0.1, 0.15) is 5.75 Å². The third kappa shape index (κ3) is 2.57. The van der Waals surface area contributed by atoms with Gasteiger partial charge in [-0.3, -0.25) is 4.79 Å². The zero-order valence-electron chi connectivity index (χ0n) is 12.0. The van der Waals surface area contributed by atoms with E-state index in [1.54, 1.807) is 18.2 Å². The van der Waals surface area contributed by atoms with Crippen molar-refractivity contribution < 1.29 is 9.90 Å². The summed E-state index contributed by atoms with van der Waals surface area (Å²) in [7, 11) is 0. The number of nitrogens with zero attached hydrogens (tertiary/aromatic N) is 1. The molecule has 108 valence electrons. The maximum atomic E-state index is 12.9. The number of aryl methyl sites for hydroxylation is 1. The Morgan fingerprint density at radius 2 is 2.05 bits per heavy atom. The van der Waals surface area contributed by atoms with Gasteiger partial charge in [-0.1, -0.05) is 12.1 Å². The number of phenolic OH excluding ortho intramolecular Hbond substituents is 1. The van der Waals surface area contributed by atoms with E-state index in [9.17, 15) is 9.90 Å². The summed E-state index contributed by atoms with van der Waals surface area (Å²) in [5, 5.41) is 12.8. The molecule has 1 aliphatic heterocycles. The van der Waals surface area contributed by atoms with E-state index in [-0.39, 0.29) is 11.7 Å². The maximum Gasteiger partial charge on any atom is 0.258 e. The van der Waals surface area contributed by atoms with Gasteiger partial charge in [0.2, 0.25) is 0 Å². The van der Waals surface area contributed by atoms with Crippen LogP contribution >= 0.6 is 0 Å². The molecule has 0 atom stereocenters. The average Bonchev–Trinajstić information content (AvgIpc) is 2.69. The number of anilines is 2. The fourth-order valence-corrected chi connectivity index (χ4v) is 2.68. The van der Waals surface area contributed by atoms with E-state index in [1.807, 2.05) is 36.1 Å². The number of nitrogens with one attached hydrogen (secondary N) is 1. The quantitative estimate of drug-likeness (QED) is 0.844. The van der Waals surface area contributed by atoms with Crippen molar-refractivity contribution in [3.63, 3.8) is 0 Å². The maximum absolute atomic E-state index is 12.9. The Morgan fingerprint density at radius 1 is 1.24 bits per heavy atom. The fourth-order valence-electron chi connectivity index (χ4n) is 2.68. The van der Waals surface area contributed by atoms with Crippen LogP contribution in [0.25, 0.3) is 0 Å². The van der Waals surface area contributed by atoms with Crippen LogP contribution in [0.5, 0.6) is 5.75 Å². The lowest BCUT2D eigenvalue weighted by atomic mass is 10.1. The van der Waals surface area contributed by atoms with Crippen LogP contribution in [0.15, 0.2) is 42.5 Å². The van der Waals surface area contributed by atoms with Crippen LogP contribution in [0.2, 0.25) is 0 Å². The number of amides is 1. The van der Waals surface area contributed by atoms with Crippen molar-refractivity contribution in [2.75, 3.05) is 23.3 Å². The van der Waals surface area contributed by atoms with Crippen LogP contribution in [-0.2, 0) is 0 Å². The Balaban J connectivity index is 2.01. The molecule has 3 rings (SSSR count). The van der Waals surface area contributed by atoms with Gasteiger partial charge in [0.15, 0.2) is 0 Å². The number of fused-ring (bicyclic) bond motifs is 1. The predicted octanol–water partition coefficient (Wildman–Crippen LogP) is 3.16. The van der Waals surface area contributed by atoms with Crippen LogP contribution in [0, 0.1) is 6.92 Å². The summed E-state index contributed by atoms with van der Waals surface area (Å²) in [6.07, 6.45) is 0.900. The summed E-state index contributed by atoms with van der Waals surface area (Å²) < 4.78 is 0. The Labute approximate surface area is 124 Å². The second-order valence-electron chi connectivity index (χ2n) is 5.25. The van der Waals surface area contributed by atoms with Crippen molar-refractivity contribution in [2.45, 2.75) is 13.3 Å². The van der Waals surface area contributed by atoms with Gasteiger partial charge in [-0.15, -0.1) is 0 Å². The molecular formula is C17H18N2O2. The molecule has 4 nitrogen and oxygen atoms in total. The first-order chi connectivity index (χ1) is 10.2. The van der Waals surface area contributed by atoms with Gasteiger partial charge >= 0.3 is 0 Å². The predicted molar refractivity (Wildman–Crippen MR) is 84.1 cm³/mol. The van der Waals surface area contributed by atoms with Crippen molar-refractivity contribution >= 4 is 17.3 Å². The Morgan fingerprint density at radius 3 is 2.86 bits per heavy atom. The number of aromatic hydroxyl groups is 1. The normalized spacial score (nSPS) is 14.0. The molecule has 0 saturated heterocycles. The minimum absolute atomic E-state index is 0.0244. The second-order valence-corrected chi connectivity index (χ2v) is 5.25. The highest BCUT2D eigenvalue weighted by Gasteiger charge is 2.23. The average molecular weight is 282 g/mol. The second kappa shape index (κ2) is 5.48. The third-order valence-corrected chi connectivity index (χ3v) is 3.75. The Kier molecular flexibility index (Phi) is 3.52. The van der Waals surface area contributed by atoms with Crippen LogP contribution in [-0.4, -0.2) is 24.1 Å². The molecule has 0 aromatic heterocycles. The van der Waals surface area contributed by atoms with Crippen LogP contribution in [0.3, 0.4) is 0 Å². The molecule has 0 saturated carbocycles. The van der Waals surface area contributed by atoms with Gasteiger partial charge in [-0.25, -0.2) is 0 Å². The summed E-state index contributed by atoms with van der Waals surface area (Å²) in [5.41, 5.74) is 3.31. The summed E-state index contributed by atoms with van der Waals surface area (Å²) >= 11 is 0. The number of hydrogen-bond donors (Lipinski definition) is 2. The number of hydrogen-bond acceptors (Lipinski definition) is 3. The molecule has 0 unspecified atom stereocenters. The van der Waals surface area contributed by atoms with Crippen LogP contribution in [0.4, 0.5) is 11.4 Å². The molecule has 1 amide bonds. The standard InChI is InChI=1S/C17H18N2O2/c1-12-11-13(20)7-8-14(12)17(21)19-10-4-9-18-15-5-2-3-6-16(15)19/h2-3,5-8,11,18,20H,4,9-10H2,1H3. The summed E-state index contributed by atoms with van der Waals surface area (Å²) in [6, 6.07) is 12.7. The van der Waals surface area contributed by atoms with Crippen molar-refractivity contribution in [2.24, 2.45) is 0 Å². The van der Waals surface area contributed by atoms with Gasteiger partial charge in [-0.05, 0) is 49.2 Å². The van der Waals surface area contributed by atoms with Crippen molar-refractivity contribution in [3.8, 4) is 5.75 Å². The highest BCUT2D eigenvalue weighted by molar-refractivity contribution is 6.08. The lowest BCUT2D eigenvalue weighted by Gasteiger charge is -2.23. The van der Waals surface area contributed by atoms with Crippen molar-refractivity contribution in [1.29, 1.82) is 0 Å². The lowest BCUT2D eigenvalue weighted by molar-refractivity contribution is 0.0986. The molecule has 0 aliphatic carbocycles. The highest BCUT2D eigenvalue weighted by atomic mass is 16.3. The minimum Gasteiger partial charge on any atom is -0.508 e. The summed E-state index contributed by atoms with van der Waals surface area (Å²) in [4.78, 5) is 14.7. The van der Waals surface area contributed by atoms with Gasteiger partial charge in [0, 0.05) is 18.7 Å². The number of rotatable bonds is 1. The molecule has 0 radical (unpaired) electrons. The molecule has 0 fully saturated rings. The minimum atomic E-state index is -0.0244. The number of para-hydroxylation sites is 2. The third-order valence-electron chi connectivity index (χ3n) is 3.75. The van der Waals surface area contributed by atoms with Crippen molar-refractivity contribution in [3.05, 3.63) is 53.6 Å². The molecular weight excluding hydrogens is 264 g/mol. The number of benzene rings is 2. The molecule has 1 aliphatic rings. The van der Waals surface area contributed by atoms with E-state index in [0.717, 1.165) is 29.9 Å². The van der Waals surface area contributed by atoms with Crippen molar-refractivity contribution in [1.82, 2.24) is 0 Å². The molecule has 21 heavy (non-hydrogen) atoms. The smallest absolute Gasteiger partial charge is 0.258 e. The Hall–Kier alpha value is -2.49. The molecule has 1 heterocycles. The van der Waals surface area contributed by atoms with Crippen LogP contribution in [0.1, 0.15) is 22.3 Å². The Bertz CT molecular complexity index is 682. The topological polar surface area (TPSA) is 52.6 Å². The van der Waals surface area contributed by atoms with E-state index in [0.29, 0.717) is 12.1 Å². The highest BCUT2D eigenvalue weighted by Crippen LogP contribution is 2.30. The summed E-state index contributed by atoms with van der Waals surface area (Å²) in [5.74, 6) is 0.158. The molecule has 2 aromatic rings. The molecule has 4 heteroatoms. The van der Waals surface area contributed by atoms with Gasteiger partial charge < -0.3 is 15.3 Å². The number of carbonyl (C=O) groups is 1. The number of phenols is 1. The zero-order valence-corrected chi connectivity index (χ0v) is 12.0. The van der Waals surface area contributed by atoms with E-state index in [2.05, 4.69) is 5.32 Å². The zero-order chi connectivity index (χ0) is 14.8. The molecule has 0 bridgehead atoms. The first-order valence-corrected chi connectivity index (χ1v) is 7.11. The van der Waals surface area contributed by atoms with Gasteiger partial charge in [0.25, 0.3) is 5.91 Å². The van der Waals surface area contributed by atoms with E-state index in [1.165, 1.54) is 0 Å². The van der Waals surface area contributed by atoms with Crippen LogP contribution < -0.4 is 10.2 Å². The SMILES string of the molecule is Cc1cc(O)ccc1C(=O)N1CCCNc2ccccc21. The molecule has 0 spiro atoms. The first kappa shape index (κ1) is 13.5. The van der Waals surface area contributed by atoms with E-state index < -0.39 is 0 Å². The number of carbonyl (C=O) groups excluding carboxylic acids is 1. The lowest BCUT2D eigenvalue weighted by Crippen LogP contribution is -2.32. The molecule has 2 N–H and O–H groups in total. The monoisotopic (exact) mass is 282 g/mol. The van der Waals surface area contributed by atoms with Gasteiger partial charge in [-0.2, -0.15) is 0 Å². The largest absolute Gasteiger partial charge is 0.508 e.